The third-order valence-electron chi connectivity index (χ3n) is 4.11. The molecule has 27 heavy (non-hydrogen) atoms. The van der Waals surface area contributed by atoms with Gasteiger partial charge in [0.15, 0.2) is 0 Å². The number of alkyl halides is 2. The van der Waals surface area contributed by atoms with Gasteiger partial charge in [-0.1, -0.05) is 54.6 Å². The lowest BCUT2D eigenvalue weighted by molar-refractivity contribution is -0.305. The summed E-state index contributed by atoms with van der Waals surface area (Å²) in [6.45, 7) is 2.83. The maximum atomic E-state index is 15.0. The van der Waals surface area contributed by atoms with E-state index in [1.165, 1.54) is 12.1 Å². The lowest BCUT2D eigenvalue weighted by Gasteiger charge is -2.35. The summed E-state index contributed by atoms with van der Waals surface area (Å²) in [7, 11) is 0. The molecule has 0 saturated carbocycles. The van der Waals surface area contributed by atoms with Crippen LogP contribution in [0, 0.1) is 0 Å². The molecule has 0 saturated heterocycles. The SMILES string of the molecule is CC(=O)OC(C)(OC(C)=O)C(F)(F)c1ccc(CCc2ccccc2)cc1. The number of aryl methyl sites for hydroxylation is 2. The van der Waals surface area contributed by atoms with Crippen LogP contribution in [0.4, 0.5) is 8.78 Å². The van der Waals surface area contributed by atoms with Gasteiger partial charge in [-0.05, 0) is 24.0 Å². The molecule has 0 unspecified atom stereocenters. The molecule has 0 aromatic heterocycles. The van der Waals surface area contributed by atoms with Crippen molar-refractivity contribution in [3.63, 3.8) is 0 Å². The third kappa shape index (κ3) is 5.12. The summed E-state index contributed by atoms with van der Waals surface area (Å²) in [6.07, 6.45) is 1.48. The number of halogens is 2. The van der Waals surface area contributed by atoms with Gasteiger partial charge in [-0.25, -0.2) is 0 Å². The Bertz CT molecular complexity index is 770. The van der Waals surface area contributed by atoms with Gasteiger partial charge < -0.3 is 9.47 Å². The fourth-order valence-corrected chi connectivity index (χ4v) is 2.77. The first-order valence-corrected chi connectivity index (χ1v) is 8.54. The monoisotopic (exact) mass is 376 g/mol. The minimum atomic E-state index is -3.72. The van der Waals surface area contributed by atoms with Crippen LogP contribution in [0.3, 0.4) is 0 Å². The average Bonchev–Trinajstić information content (AvgIpc) is 2.59. The normalized spacial score (nSPS) is 11.7. The zero-order valence-corrected chi connectivity index (χ0v) is 15.5. The highest BCUT2D eigenvalue weighted by molar-refractivity contribution is 5.69. The molecule has 0 aliphatic rings. The fourth-order valence-electron chi connectivity index (χ4n) is 2.77. The number of ether oxygens (including phenoxy) is 2. The van der Waals surface area contributed by atoms with E-state index < -0.39 is 29.2 Å². The van der Waals surface area contributed by atoms with Crippen molar-refractivity contribution in [2.45, 2.75) is 45.3 Å². The van der Waals surface area contributed by atoms with Crippen LogP contribution in [0.15, 0.2) is 54.6 Å². The maximum absolute atomic E-state index is 15.0. The number of esters is 2. The largest absolute Gasteiger partial charge is 0.416 e. The van der Waals surface area contributed by atoms with E-state index in [0.717, 1.165) is 38.3 Å². The minimum absolute atomic E-state index is 0.407. The molecule has 0 fully saturated rings. The van der Waals surface area contributed by atoms with Crippen LogP contribution in [0.5, 0.6) is 0 Å². The molecule has 0 aliphatic carbocycles. The van der Waals surface area contributed by atoms with Gasteiger partial charge in [-0.15, -0.1) is 0 Å². The molecule has 0 atom stereocenters. The summed E-state index contributed by atoms with van der Waals surface area (Å²) in [5, 5.41) is 0. The van der Waals surface area contributed by atoms with Gasteiger partial charge in [0, 0.05) is 26.3 Å². The topological polar surface area (TPSA) is 52.6 Å². The van der Waals surface area contributed by atoms with E-state index in [0.29, 0.717) is 6.42 Å². The van der Waals surface area contributed by atoms with Crippen molar-refractivity contribution in [3.05, 3.63) is 71.3 Å². The van der Waals surface area contributed by atoms with Gasteiger partial charge in [0.2, 0.25) is 0 Å². The van der Waals surface area contributed by atoms with Crippen molar-refractivity contribution in [1.82, 2.24) is 0 Å². The molecule has 0 amide bonds. The average molecular weight is 376 g/mol. The molecular weight excluding hydrogens is 354 g/mol. The lowest BCUT2D eigenvalue weighted by Crippen LogP contribution is -2.50. The zero-order chi connectivity index (χ0) is 20.1. The summed E-state index contributed by atoms with van der Waals surface area (Å²) in [6, 6.07) is 15.5. The molecule has 0 N–H and O–H groups in total. The van der Waals surface area contributed by atoms with Crippen LogP contribution in [-0.2, 0) is 37.8 Å². The van der Waals surface area contributed by atoms with E-state index in [1.807, 2.05) is 30.3 Å². The first-order valence-electron chi connectivity index (χ1n) is 8.54. The quantitative estimate of drug-likeness (QED) is 0.531. The molecular formula is C21H22F2O4. The van der Waals surface area contributed by atoms with Crippen molar-refractivity contribution in [2.75, 3.05) is 0 Å². The lowest BCUT2D eigenvalue weighted by atomic mass is 9.97. The first kappa shape index (κ1) is 20.6. The zero-order valence-electron chi connectivity index (χ0n) is 15.5. The summed E-state index contributed by atoms with van der Waals surface area (Å²) in [4.78, 5) is 22.5. The van der Waals surface area contributed by atoms with Crippen LogP contribution >= 0.6 is 0 Å². The highest BCUT2D eigenvalue weighted by Gasteiger charge is 2.57. The van der Waals surface area contributed by atoms with Crippen molar-refractivity contribution >= 4 is 11.9 Å². The number of rotatable bonds is 7. The van der Waals surface area contributed by atoms with Crippen molar-refractivity contribution in [2.24, 2.45) is 0 Å². The van der Waals surface area contributed by atoms with Gasteiger partial charge >= 0.3 is 23.6 Å². The Morgan fingerprint density at radius 3 is 1.70 bits per heavy atom. The Hall–Kier alpha value is -2.76. The van der Waals surface area contributed by atoms with Gasteiger partial charge in [0.25, 0.3) is 0 Å². The molecule has 0 spiro atoms. The third-order valence-corrected chi connectivity index (χ3v) is 4.11. The van der Waals surface area contributed by atoms with Crippen molar-refractivity contribution < 1.29 is 27.8 Å². The molecule has 144 valence electrons. The van der Waals surface area contributed by atoms with E-state index >= 15 is 0 Å². The Kier molecular flexibility index (Phi) is 6.31. The van der Waals surface area contributed by atoms with Crippen molar-refractivity contribution in [1.29, 1.82) is 0 Å². The van der Waals surface area contributed by atoms with Gasteiger partial charge in [-0.2, -0.15) is 8.78 Å². The molecule has 4 nitrogen and oxygen atoms in total. The van der Waals surface area contributed by atoms with Gasteiger partial charge in [-0.3, -0.25) is 9.59 Å². The molecule has 6 heteroatoms. The molecule has 0 radical (unpaired) electrons. The smallest absolute Gasteiger partial charge is 0.348 e. The Morgan fingerprint density at radius 2 is 1.26 bits per heavy atom. The molecule has 0 bridgehead atoms. The van der Waals surface area contributed by atoms with Crippen LogP contribution < -0.4 is 0 Å². The highest BCUT2D eigenvalue weighted by Crippen LogP contribution is 2.42. The highest BCUT2D eigenvalue weighted by atomic mass is 19.3. The molecule has 2 rings (SSSR count). The fraction of sp³-hybridized carbons (Fsp3) is 0.333. The first-order chi connectivity index (χ1) is 12.6. The summed E-state index contributed by atoms with van der Waals surface area (Å²) in [5.74, 6) is -8.39. The van der Waals surface area contributed by atoms with E-state index in [9.17, 15) is 18.4 Å². The van der Waals surface area contributed by atoms with Gasteiger partial charge in [0.1, 0.15) is 0 Å². The summed E-state index contributed by atoms with van der Waals surface area (Å²) >= 11 is 0. The van der Waals surface area contributed by atoms with E-state index in [-0.39, 0.29) is 0 Å². The number of carbonyl (C=O) groups is 2. The second-order valence-corrected chi connectivity index (χ2v) is 6.39. The van der Waals surface area contributed by atoms with Gasteiger partial charge in [0.05, 0.1) is 0 Å². The maximum Gasteiger partial charge on any atom is 0.348 e. The van der Waals surface area contributed by atoms with Crippen LogP contribution in [0.1, 0.15) is 37.5 Å². The van der Waals surface area contributed by atoms with E-state index in [4.69, 9.17) is 0 Å². The summed E-state index contributed by atoms with van der Waals surface area (Å²) in [5.41, 5.74) is 1.64. The number of benzene rings is 2. The number of carbonyl (C=O) groups excluding carboxylic acids is 2. The standard InChI is InChI=1S/C21H22F2O4/c1-15(24)26-20(3,27-16(2)25)21(22,23)19-13-11-18(12-14-19)10-9-17-7-5-4-6-8-17/h4-8,11-14H,9-10H2,1-3H3. The van der Waals surface area contributed by atoms with Crippen LogP contribution in [0.2, 0.25) is 0 Å². The van der Waals surface area contributed by atoms with Crippen LogP contribution in [-0.4, -0.2) is 17.7 Å². The van der Waals surface area contributed by atoms with Crippen molar-refractivity contribution in [3.8, 4) is 0 Å². The Morgan fingerprint density at radius 1 is 0.815 bits per heavy atom. The Labute approximate surface area is 157 Å². The van der Waals surface area contributed by atoms with E-state index in [2.05, 4.69) is 9.47 Å². The predicted molar refractivity (Wildman–Crippen MR) is 96.1 cm³/mol. The minimum Gasteiger partial charge on any atom is -0.416 e. The molecule has 2 aromatic rings. The number of hydrogen-bond acceptors (Lipinski definition) is 4. The predicted octanol–water partition coefficient (Wildman–Crippen LogP) is 4.41. The van der Waals surface area contributed by atoms with Crippen LogP contribution in [0.25, 0.3) is 0 Å². The second-order valence-electron chi connectivity index (χ2n) is 6.39. The summed E-state index contributed by atoms with van der Waals surface area (Å²) < 4.78 is 39.2. The van der Waals surface area contributed by atoms with E-state index in [1.54, 1.807) is 12.1 Å². The second kappa shape index (κ2) is 8.29. The molecule has 0 aliphatic heterocycles. The molecule has 0 heterocycles. The Balaban J connectivity index is 2.19. The molecule has 2 aromatic carbocycles. The number of hydrogen-bond donors (Lipinski definition) is 0.